The summed E-state index contributed by atoms with van der Waals surface area (Å²) in [5.41, 5.74) is 0.960. The second-order valence-corrected chi connectivity index (χ2v) is 3.33. The van der Waals surface area contributed by atoms with E-state index in [-0.39, 0.29) is 12.4 Å². The van der Waals surface area contributed by atoms with Gasteiger partial charge in [0, 0.05) is 19.6 Å². The molecule has 1 heterocycles. The molecule has 0 aliphatic carbocycles. The highest BCUT2D eigenvalue weighted by Crippen LogP contribution is 1.95. The van der Waals surface area contributed by atoms with Gasteiger partial charge in [-0.05, 0) is 13.8 Å². The fraction of sp³-hybridized carbons (Fsp3) is 0.889. The third-order valence-electron chi connectivity index (χ3n) is 1.85. The van der Waals surface area contributed by atoms with Crippen LogP contribution in [0.15, 0.2) is 5.16 Å². The van der Waals surface area contributed by atoms with Gasteiger partial charge in [0.2, 0.25) is 0 Å². The Bertz CT molecular complexity index is 166. The molecule has 1 fully saturated rings. The van der Waals surface area contributed by atoms with Crippen LogP contribution >= 0.6 is 12.4 Å². The summed E-state index contributed by atoms with van der Waals surface area (Å²) in [6, 6.07) is 0. The maximum atomic E-state index is 5.23. The van der Waals surface area contributed by atoms with E-state index in [0.717, 1.165) is 38.6 Å². The van der Waals surface area contributed by atoms with Crippen molar-refractivity contribution >= 4 is 18.1 Å². The first-order chi connectivity index (χ1) is 6.29. The van der Waals surface area contributed by atoms with Gasteiger partial charge >= 0.3 is 0 Å². The summed E-state index contributed by atoms with van der Waals surface area (Å²) in [5, 5.41) is 3.87. The van der Waals surface area contributed by atoms with Crippen LogP contribution < -0.4 is 0 Å². The van der Waals surface area contributed by atoms with Crippen LogP contribution in [0.5, 0.6) is 0 Å². The molecule has 1 rings (SSSR count). The lowest BCUT2D eigenvalue weighted by Gasteiger charge is -2.25. The van der Waals surface area contributed by atoms with E-state index in [1.807, 2.05) is 13.8 Å². The van der Waals surface area contributed by atoms with Crippen LogP contribution in [0.3, 0.4) is 0 Å². The van der Waals surface area contributed by atoms with Crippen LogP contribution in [0.4, 0.5) is 0 Å². The van der Waals surface area contributed by atoms with E-state index in [0.29, 0.717) is 6.61 Å². The Morgan fingerprint density at radius 3 is 2.57 bits per heavy atom. The average Bonchev–Trinajstić information content (AvgIpc) is 2.14. The fourth-order valence-corrected chi connectivity index (χ4v) is 1.17. The summed E-state index contributed by atoms with van der Waals surface area (Å²) in [6.07, 6.45) is 0. The Balaban J connectivity index is 0.00000169. The number of halogens is 1. The van der Waals surface area contributed by atoms with E-state index in [2.05, 4.69) is 10.1 Å². The van der Waals surface area contributed by atoms with Gasteiger partial charge in [-0.25, -0.2) is 0 Å². The molecule has 14 heavy (non-hydrogen) atoms. The van der Waals surface area contributed by atoms with Crippen molar-refractivity contribution < 1.29 is 9.57 Å². The molecule has 84 valence electrons. The topological polar surface area (TPSA) is 34.1 Å². The molecule has 0 spiro atoms. The van der Waals surface area contributed by atoms with Crippen molar-refractivity contribution in [3.8, 4) is 0 Å². The number of oxime groups is 1. The molecule has 1 saturated heterocycles. The molecule has 0 N–H and O–H groups in total. The van der Waals surface area contributed by atoms with E-state index in [1.165, 1.54) is 0 Å². The quantitative estimate of drug-likeness (QED) is 0.407. The van der Waals surface area contributed by atoms with Gasteiger partial charge in [-0.1, -0.05) is 5.16 Å². The molecule has 0 saturated carbocycles. The minimum Gasteiger partial charge on any atom is -0.395 e. The van der Waals surface area contributed by atoms with Crippen molar-refractivity contribution in [3.05, 3.63) is 0 Å². The standard InChI is InChI=1S/C9H18N2O2.ClH/c1-9(2)10-13-8-5-11-3-6-12-7-4-11;/h3-8H2,1-2H3;1H. The first-order valence-corrected chi connectivity index (χ1v) is 4.72. The normalized spacial score (nSPS) is 17.0. The van der Waals surface area contributed by atoms with Crippen molar-refractivity contribution in [2.45, 2.75) is 13.8 Å². The minimum atomic E-state index is 0. The summed E-state index contributed by atoms with van der Waals surface area (Å²) in [5.74, 6) is 0. The zero-order valence-corrected chi connectivity index (χ0v) is 9.68. The molecule has 0 unspecified atom stereocenters. The number of ether oxygens (including phenoxy) is 1. The lowest BCUT2D eigenvalue weighted by atomic mass is 10.4. The predicted octanol–water partition coefficient (Wildman–Crippen LogP) is 1.15. The van der Waals surface area contributed by atoms with Gasteiger partial charge < -0.3 is 9.57 Å². The van der Waals surface area contributed by atoms with Crippen LogP contribution in [0, 0.1) is 0 Å². The second kappa shape index (κ2) is 8.03. The molecule has 5 heteroatoms. The minimum absolute atomic E-state index is 0. The molecule has 0 amide bonds. The van der Waals surface area contributed by atoms with Gasteiger partial charge in [-0.2, -0.15) is 0 Å². The third-order valence-corrected chi connectivity index (χ3v) is 1.85. The van der Waals surface area contributed by atoms with Crippen LogP contribution in [0.2, 0.25) is 0 Å². The number of morpholine rings is 1. The fourth-order valence-electron chi connectivity index (χ4n) is 1.17. The van der Waals surface area contributed by atoms with Crippen molar-refractivity contribution in [2.75, 3.05) is 39.5 Å². The van der Waals surface area contributed by atoms with Crippen LogP contribution in [0.25, 0.3) is 0 Å². The van der Waals surface area contributed by atoms with Crippen LogP contribution in [-0.2, 0) is 9.57 Å². The lowest BCUT2D eigenvalue weighted by Crippen LogP contribution is -2.38. The number of hydrogen-bond donors (Lipinski definition) is 0. The van der Waals surface area contributed by atoms with Crippen LogP contribution in [-0.4, -0.2) is 50.1 Å². The lowest BCUT2D eigenvalue weighted by molar-refractivity contribution is 0.0211. The summed E-state index contributed by atoms with van der Waals surface area (Å²) < 4.78 is 5.23. The van der Waals surface area contributed by atoms with Gasteiger partial charge in [0.25, 0.3) is 0 Å². The Morgan fingerprint density at radius 2 is 2.00 bits per heavy atom. The number of hydrogen-bond acceptors (Lipinski definition) is 4. The summed E-state index contributed by atoms with van der Waals surface area (Å²) in [4.78, 5) is 7.43. The molecule has 0 radical (unpaired) electrons. The zero-order valence-electron chi connectivity index (χ0n) is 8.86. The molecular formula is C9H19ClN2O2. The molecule has 0 aromatic carbocycles. The Morgan fingerprint density at radius 1 is 1.36 bits per heavy atom. The molecule has 1 aliphatic rings. The highest BCUT2D eigenvalue weighted by molar-refractivity contribution is 5.85. The third kappa shape index (κ3) is 6.18. The SMILES string of the molecule is CC(C)=NOCCN1CCOCC1.Cl. The van der Waals surface area contributed by atoms with Crippen molar-refractivity contribution in [3.63, 3.8) is 0 Å². The zero-order chi connectivity index (χ0) is 9.52. The maximum Gasteiger partial charge on any atom is 0.129 e. The van der Waals surface area contributed by atoms with Gasteiger partial charge in [0.05, 0.1) is 18.9 Å². The van der Waals surface area contributed by atoms with Gasteiger partial charge in [-0.3, -0.25) is 4.90 Å². The number of rotatable bonds is 4. The van der Waals surface area contributed by atoms with Gasteiger partial charge in [-0.15, -0.1) is 12.4 Å². The summed E-state index contributed by atoms with van der Waals surface area (Å²) in [7, 11) is 0. The smallest absolute Gasteiger partial charge is 0.129 e. The van der Waals surface area contributed by atoms with Crippen molar-refractivity contribution in [1.29, 1.82) is 0 Å². The van der Waals surface area contributed by atoms with E-state index in [9.17, 15) is 0 Å². The van der Waals surface area contributed by atoms with E-state index in [1.54, 1.807) is 0 Å². The molecule has 4 nitrogen and oxygen atoms in total. The van der Waals surface area contributed by atoms with Crippen LogP contribution in [0.1, 0.15) is 13.8 Å². The molecular weight excluding hydrogens is 204 g/mol. The number of nitrogens with zero attached hydrogens (tertiary/aromatic N) is 2. The maximum absolute atomic E-state index is 5.23. The van der Waals surface area contributed by atoms with Crippen molar-refractivity contribution in [2.24, 2.45) is 5.16 Å². The van der Waals surface area contributed by atoms with Gasteiger partial charge in [0.1, 0.15) is 6.61 Å². The van der Waals surface area contributed by atoms with Gasteiger partial charge in [0.15, 0.2) is 0 Å². The molecule has 0 aromatic rings. The Labute approximate surface area is 91.6 Å². The largest absolute Gasteiger partial charge is 0.395 e. The predicted molar refractivity (Wildman–Crippen MR) is 59.2 cm³/mol. The van der Waals surface area contributed by atoms with E-state index in [4.69, 9.17) is 9.57 Å². The molecule has 0 bridgehead atoms. The second-order valence-electron chi connectivity index (χ2n) is 3.33. The first kappa shape index (κ1) is 13.7. The molecule has 0 aromatic heterocycles. The average molecular weight is 223 g/mol. The Kier molecular flexibility index (Phi) is 7.84. The first-order valence-electron chi connectivity index (χ1n) is 4.72. The highest BCUT2D eigenvalue weighted by Gasteiger charge is 2.09. The monoisotopic (exact) mass is 222 g/mol. The Hall–Kier alpha value is -0.320. The van der Waals surface area contributed by atoms with E-state index >= 15 is 0 Å². The summed E-state index contributed by atoms with van der Waals surface area (Å²) >= 11 is 0. The molecule has 1 aliphatic heterocycles. The highest BCUT2D eigenvalue weighted by atomic mass is 35.5. The molecule has 0 atom stereocenters. The summed E-state index contributed by atoms with van der Waals surface area (Å²) in [6.45, 7) is 9.18. The van der Waals surface area contributed by atoms with E-state index < -0.39 is 0 Å². The van der Waals surface area contributed by atoms with Crippen molar-refractivity contribution in [1.82, 2.24) is 4.90 Å².